The van der Waals surface area contributed by atoms with Crippen LogP contribution in [0.4, 0.5) is 0 Å². The SMILES string of the molecule is C[C@@H](/C=C\CCCNO)O[Si](c1ccccc1)(c1ccccc1)C(C)(C)C. The summed E-state index contributed by atoms with van der Waals surface area (Å²) >= 11 is 0. The summed E-state index contributed by atoms with van der Waals surface area (Å²) in [6.45, 7) is 9.61. The zero-order chi connectivity index (χ0) is 19.8. The fraction of sp³-hybridized carbons (Fsp3) is 0.391. The molecule has 0 aliphatic heterocycles. The average Bonchev–Trinajstić information content (AvgIpc) is 2.66. The summed E-state index contributed by atoms with van der Waals surface area (Å²) < 4.78 is 6.97. The van der Waals surface area contributed by atoms with Crippen molar-refractivity contribution < 1.29 is 9.63 Å². The molecule has 146 valence electrons. The van der Waals surface area contributed by atoms with Gasteiger partial charge in [0.15, 0.2) is 0 Å². The molecular weight excluding hydrogens is 350 g/mol. The minimum absolute atomic E-state index is 0.0124. The highest BCUT2D eigenvalue weighted by Gasteiger charge is 2.50. The molecule has 2 aromatic carbocycles. The van der Waals surface area contributed by atoms with E-state index in [0.717, 1.165) is 12.8 Å². The molecular formula is C23H33NO2Si. The Bertz CT molecular complexity index is 656. The van der Waals surface area contributed by atoms with Gasteiger partial charge in [-0.05, 0) is 35.2 Å². The third-order valence-electron chi connectivity index (χ3n) is 4.85. The number of hydrogen-bond donors (Lipinski definition) is 2. The predicted molar refractivity (Wildman–Crippen MR) is 116 cm³/mol. The first-order valence-corrected chi connectivity index (χ1v) is 11.6. The van der Waals surface area contributed by atoms with Crippen LogP contribution < -0.4 is 15.9 Å². The monoisotopic (exact) mass is 383 g/mol. The molecule has 0 fully saturated rings. The fourth-order valence-electron chi connectivity index (χ4n) is 3.60. The van der Waals surface area contributed by atoms with Gasteiger partial charge in [0.1, 0.15) is 0 Å². The van der Waals surface area contributed by atoms with Crippen LogP contribution in [0.3, 0.4) is 0 Å². The van der Waals surface area contributed by atoms with Gasteiger partial charge in [-0.15, -0.1) is 0 Å². The smallest absolute Gasteiger partial charge is 0.261 e. The van der Waals surface area contributed by atoms with E-state index in [4.69, 9.17) is 9.63 Å². The number of benzene rings is 2. The van der Waals surface area contributed by atoms with E-state index in [1.165, 1.54) is 10.4 Å². The lowest BCUT2D eigenvalue weighted by Crippen LogP contribution is -2.67. The molecule has 0 aromatic heterocycles. The summed E-state index contributed by atoms with van der Waals surface area (Å²) in [5.74, 6) is 0. The molecule has 2 aromatic rings. The summed E-state index contributed by atoms with van der Waals surface area (Å²) in [5, 5.41) is 11.3. The highest BCUT2D eigenvalue weighted by atomic mass is 28.4. The first kappa shape index (κ1) is 21.6. The molecule has 0 radical (unpaired) electrons. The molecule has 0 saturated carbocycles. The van der Waals surface area contributed by atoms with Crippen LogP contribution in [0.5, 0.6) is 0 Å². The molecule has 0 saturated heterocycles. The van der Waals surface area contributed by atoms with Crippen molar-refractivity contribution in [3.05, 3.63) is 72.8 Å². The molecule has 27 heavy (non-hydrogen) atoms. The van der Waals surface area contributed by atoms with Gasteiger partial charge in [-0.25, -0.2) is 5.48 Å². The van der Waals surface area contributed by atoms with Crippen LogP contribution in [-0.4, -0.2) is 26.2 Å². The van der Waals surface area contributed by atoms with Gasteiger partial charge in [-0.3, -0.25) is 0 Å². The van der Waals surface area contributed by atoms with Crippen molar-refractivity contribution in [1.82, 2.24) is 5.48 Å². The Hall–Kier alpha value is -1.72. The maximum Gasteiger partial charge on any atom is 0.261 e. The molecule has 0 spiro atoms. The van der Waals surface area contributed by atoms with Gasteiger partial charge >= 0.3 is 0 Å². The Kier molecular flexibility index (Phi) is 7.99. The van der Waals surface area contributed by atoms with Crippen molar-refractivity contribution in [3.8, 4) is 0 Å². The van der Waals surface area contributed by atoms with E-state index in [-0.39, 0.29) is 11.1 Å². The lowest BCUT2D eigenvalue weighted by Gasteiger charge is -2.44. The minimum Gasteiger partial charge on any atom is -0.401 e. The number of hydroxylamine groups is 1. The number of hydrogen-bond acceptors (Lipinski definition) is 3. The van der Waals surface area contributed by atoms with E-state index in [2.05, 4.69) is 106 Å². The third-order valence-corrected chi connectivity index (χ3v) is 9.98. The van der Waals surface area contributed by atoms with Crippen molar-refractivity contribution in [2.75, 3.05) is 6.54 Å². The molecule has 0 amide bonds. The van der Waals surface area contributed by atoms with Crippen molar-refractivity contribution in [1.29, 1.82) is 0 Å². The highest BCUT2D eigenvalue weighted by Crippen LogP contribution is 2.37. The summed E-state index contributed by atoms with van der Waals surface area (Å²) in [6.07, 6.45) is 6.13. The van der Waals surface area contributed by atoms with E-state index in [1.54, 1.807) is 0 Å². The first-order valence-electron chi connectivity index (χ1n) is 9.74. The Morgan fingerprint density at radius 1 is 1.00 bits per heavy atom. The van der Waals surface area contributed by atoms with Crippen LogP contribution in [0, 0.1) is 0 Å². The summed E-state index contributed by atoms with van der Waals surface area (Å²) in [7, 11) is -2.49. The van der Waals surface area contributed by atoms with Crippen molar-refractivity contribution >= 4 is 18.7 Å². The molecule has 0 bridgehead atoms. The van der Waals surface area contributed by atoms with Crippen LogP contribution in [0.15, 0.2) is 72.8 Å². The predicted octanol–water partition coefficient (Wildman–Crippen LogP) is 4.27. The Labute approximate surface area is 165 Å². The third kappa shape index (κ3) is 5.39. The van der Waals surface area contributed by atoms with Gasteiger partial charge in [0.2, 0.25) is 0 Å². The quantitative estimate of drug-likeness (QED) is 0.294. The molecule has 0 aliphatic rings. The van der Waals surface area contributed by atoms with E-state index in [9.17, 15) is 0 Å². The second-order valence-electron chi connectivity index (χ2n) is 7.96. The Morgan fingerprint density at radius 3 is 1.96 bits per heavy atom. The van der Waals surface area contributed by atoms with Gasteiger partial charge in [0.25, 0.3) is 8.32 Å². The van der Waals surface area contributed by atoms with Crippen LogP contribution in [-0.2, 0) is 4.43 Å². The molecule has 0 aliphatic carbocycles. The minimum atomic E-state index is -2.49. The number of rotatable bonds is 9. The zero-order valence-electron chi connectivity index (χ0n) is 17.0. The number of unbranched alkanes of at least 4 members (excludes halogenated alkanes) is 1. The standard InChI is InChI=1S/C23H33NO2Si/c1-20(14-8-7-13-19-24-25)26-27(23(2,3)4,21-15-9-5-10-16-21)22-17-11-6-12-18-22/h5-6,8-12,14-18,20,24-25H,7,13,19H2,1-4H3/b14-8-/t20-/m0/s1. The second-order valence-corrected chi connectivity index (χ2v) is 12.2. The lowest BCUT2D eigenvalue weighted by atomic mass is 10.2. The topological polar surface area (TPSA) is 41.5 Å². The highest BCUT2D eigenvalue weighted by molar-refractivity contribution is 6.99. The Morgan fingerprint density at radius 2 is 1.52 bits per heavy atom. The van der Waals surface area contributed by atoms with Gasteiger partial charge < -0.3 is 9.63 Å². The molecule has 1 atom stereocenters. The molecule has 2 N–H and O–H groups in total. The van der Waals surface area contributed by atoms with Crippen molar-refractivity contribution in [2.45, 2.75) is 51.7 Å². The van der Waals surface area contributed by atoms with Gasteiger partial charge in [0, 0.05) is 6.54 Å². The van der Waals surface area contributed by atoms with Crippen LogP contribution in [0.2, 0.25) is 5.04 Å². The van der Waals surface area contributed by atoms with Crippen LogP contribution in [0.1, 0.15) is 40.5 Å². The summed E-state index contributed by atoms with van der Waals surface area (Å²) in [4.78, 5) is 0. The van der Waals surface area contributed by atoms with E-state index in [1.807, 2.05) is 0 Å². The van der Waals surface area contributed by atoms with E-state index < -0.39 is 8.32 Å². The largest absolute Gasteiger partial charge is 0.401 e. The maximum absolute atomic E-state index is 8.68. The van der Waals surface area contributed by atoms with Crippen molar-refractivity contribution in [2.24, 2.45) is 0 Å². The maximum atomic E-state index is 8.68. The van der Waals surface area contributed by atoms with Crippen molar-refractivity contribution in [3.63, 3.8) is 0 Å². The Balaban J connectivity index is 2.41. The normalized spacial score (nSPS) is 13.8. The molecule has 2 rings (SSSR count). The van der Waals surface area contributed by atoms with E-state index in [0.29, 0.717) is 6.54 Å². The van der Waals surface area contributed by atoms with E-state index >= 15 is 0 Å². The molecule has 3 nitrogen and oxygen atoms in total. The number of allylic oxidation sites excluding steroid dienone is 1. The van der Waals surface area contributed by atoms with Gasteiger partial charge in [-0.2, -0.15) is 0 Å². The van der Waals surface area contributed by atoms with Crippen LogP contribution >= 0.6 is 0 Å². The van der Waals surface area contributed by atoms with Crippen LogP contribution in [0.25, 0.3) is 0 Å². The first-order chi connectivity index (χ1) is 12.9. The number of nitrogens with one attached hydrogen (secondary N) is 1. The molecule has 0 heterocycles. The second kappa shape index (κ2) is 9.99. The summed E-state index contributed by atoms with van der Waals surface area (Å²) in [6, 6.07) is 21.4. The average molecular weight is 384 g/mol. The van der Waals surface area contributed by atoms with Gasteiger partial charge in [0.05, 0.1) is 6.10 Å². The van der Waals surface area contributed by atoms with Gasteiger partial charge in [-0.1, -0.05) is 93.6 Å². The summed E-state index contributed by atoms with van der Waals surface area (Å²) in [5.41, 5.74) is 2.20. The lowest BCUT2D eigenvalue weighted by molar-refractivity contribution is 0.166. The molecule has 0 unspecified atom stereocenters. The fourth-order valence-corrected chi connectivity index (χ4v) is 8.25. The zero-order valence-corrected chi connectivity index (χ0v) is 18.0. The molecule has 4 heteroatoms.